The minimum Gasteiger partial charge on any atom is -0.458 e. The van der Waals surface area contributed by atoms with Gasteiger partial charge >= 0.3 is 0 Å². The van der Waals surface area contributed by atoms with Crippen molar-refractivity contribution >= 4 is 28.4 Å². The van der Waals surface area contributed by atoms with E-state index in [0.29, 0.717) is 34.3 Å². The molecule has 3 aromatic carbocycles. The Morgan fingerprint density at radius 3 is 2.45 bits per heavy atom. The molecule has 5 aromatic rings. The average Bonchev–Trinajstić information content (AvgIpc) is 3.38. The number of fused-ring (bicyclic) bond motifs is 1. The molecule has 4 nitrogen and oxygen atoms in total. The number of imidazole rings is 1. The Balaban J connectivity index is 1.68. The van der Waals surface area contributed by atoms with E-state index in [-0.39, 0.29) is 5.78 Å². The SMILES string of the molecule is Cc1ccc(-c2nc3ccc(C(=O)c4ccccc4)cc3n2Cc2ccccc2Cl)o1. The molecule has 31 heavy (non-hydrogen) atoms. The maximum absolute atomic E-state index is 13.0. The fourth-order valence-electron chi connectivity index (χ4n) is 3.72. The Bertz CT molecular complexity index is 1400. The van der Waals surface area contributed by atoms with Crippen LogP contribution in [-0.2, 0) is 6.54 Å². The van der Waals surface area contributed by atoms with Gasteiger partial charge in [0.25, 0.3) is 0 Å². The van der Waals surface area contributed by atoms with Crippen LogP contribution in [0.2, 0.25) is 5.02 Å². The zero-order valence-corrected chi connectivity index (χ0v) is 17.6. The highest BCUT2D eigenvalue weighted by Crippen LogP contribution is 2.29. The van der Waals surface area contributed by atoms with Gasteiger partial charge in [0.2, 0.25) is 0 Å². The fraction of sp³-hybridized carbons (Fsp3) is 0.0769. The van der Waals surface area contributed by atoms with Gasteiger partial charge < -0.3 is 8.98 Å². The number of furan rings is 1. The Labute approximate surface area is 184 Å². The molecule has 0 saturated carbocycles. The summed E-state index contributed by atoms with van der Waals surface area (Å²) >= 11 is 6.45. The summed E-state index contributed by atoms with van der Waals surface area (Å²) in [6.45, 7) is 2.41. The highest BCUT2D eigenvalue weighted by Gasteiger charge is 2.18. The molecule has 0 N–H and O–H groups in total. The molecule has 0 radical (unpaired) electrons. The number of hydrogen-bond donors (Lipinski definition) is 0. The van der Waals surface area contributed by atoms with Gasteiger partial charge in [-0.3, -0.25) is 4.79 Å². The van der Waals surface area contributed by atoms with Crippen molar-refractivity contribution in [3.63, 3.8) is 0 Å². The lowest BCUT2D eigenvalue weighted by atomic mass is 10.0. The summed E-state index contributed by atoms with van der Waals surface area (Å²) in [5.74, 6) is 2.17. The highest BCUT2D eigenvalue weighted by atomic mass is 35.5. The Morgan fingerprint density at radius 1 is 0.935 bits per heavy atom. The van der Waals surface area contributed by atoms with Gasteiger partial charge in [-0.25, -0.2) is 4.98 Å². The summed E-state index contributed by atoms with van der Waals surface area (Å²) in [6.07, 6.45) is 0. The summed E-state index contributed by atoms with van der Waals surface area (Å²) in [5, 5.41) is 0.683. The summed E-state index contributed by atoms with van der Waals surface area (Å²) in [4.78, 5) is 17.8. The van der Waals surface area contributed by atoms with Crippen LogP contribution < -0.4 is 0 Å². The van der Waals surface area contributed by atoms with Crippen molar-refractivity contribution in [1.82, 2.24) is 9.55 Å². The molecular formula is C26H19ClN2O2. The lowest BCUT2D eigenvalue weighted by Gasteiger charge is -2.10. The number of ketones is 1. The molecule has 2 heterocycles. The first kappa shape index (κ1) is 19.3. The Kier molecular flexibility index (Phi) is 4.92. The van der Waals surface area contributed by atoms with Crippen LogP contribution in [0.4, 0.5) is 0 Å². The third-order valence-electron chi connectivity index (χ3n) is 5.29. The maximum Gasteiger partial charge on any atom is 0.193 e. The van der Waals surface area contributed by atoms with Crippen molar-refractivity contribution in [2.45, 2.75) is 13.5 Å². The van der Waals surface area contributed by atoms with Crippen molar-refractivity contribution in [1.29, 1.82) is 0 Å². The second kappa shape index (κ2) is 7.89. The molecule has 0 unspecified atom stereocenters. The van der Waals surface area contributed by atoms with Crippen LogP contribution >= 0.6 is 11.6 Å². The smallest absolute Gasteiger partial charge is 0.193 e. The van der Waals surface area contributed by atoms with E-state index < -0.39 is 0 Å². The molecule has 0 amide bonds. The summed E-state index contributed by atoms with van der Waals surface area (Å²) in [5.41, 5.74) is 3.88. The van der Waals surface area contributed by atoms with E-state index in [1.54, 1.807) is 0 Å². The largest absolute Gasteiger partial charge is 0.458 e. The van der Waals surface area contributed by atoms with Gasteiger partial charge in [-0.05, 0) is 48.9 Å². The van der Waals surface area contributed by atoms with E-state index in [4.69, 9.17) is 21.0 Å². The van der Waals surface area contributed by atoms with E-state index in [0.717, 1.165) is 22.4 Å². The topological polar surface area (TPSA) is 48.0 Å². The van der Waals surface area contributed by atoms with Gasteiger partial charge in [0.05, 0.1) is 17.6 Å². The number of aromatic nitrogens is 2. The number of hydrogen-bond acceptors (Lipinski definition) is 3. The fourth-order valence-corrected chi connectivity index (χ4v) is 3.92. The van der Waals surface area contributed by atoms with Gasteiger partial charge in [-0.1, -0.05) is 60.1 Å². The molecule has 0 bridgehead atoms. The third kappa shape index (κ3) is 3.66. The van der Waals surface area contributed by atoms with E-state index in [2.05, 4.69) is 4.57 Å². The first-order valence-corrected chi connectivity index (χ1v) is 10.4. The number of carbonyl (C=O) groups is 1. The molecule has 0 aliphatic rings. The summed E-state index contributed by atoms with van der Waals surface area (Å²) in [6, 6.07) is 26.4. The quantitative estimate of drug-likeness (QED) is 0.300. The predicted molar refractivity (Wildman–Crippen MR) is 123 cm³/mol. The highest BCUT2D eigenvalue weighted by molar-refractivity contribution is 6.31. The van der Waals surface area contributed by atoms with Gasteiger partial charge in [-0.15, -0.1) is 0 Å². The zero-order chi connectivity index (χ0) is 21.4. The standard InChI is InChI=1S/C26H19ClN2O2/c1-17-11-14-24(31-17)26-28-22-13-12-19(25(30)18-7-3-2-4-8-18)15-23(22)29(26)16-20-9-5-6-10-21(20)27/h2-15H,16H2,1H3. The van der Waals surface area contributed by atoms with Crippen LogP contribution in [0.25, 0.3) is 22.6 Å². The van der Waals surface area contributed by atoms with Crippen molar-refractivity contribution in [2.24, 2.45) is 0 Å². The molecule has 0 aliphatic carbocycles. The van der Waals surface area contributed by atoms with Gasteiger partial charge in [0.15, 0.2) is 17.4 Å². The number of benzene rings is 3. The average molecular weight is 427 g/mol. The minimum absolute atomic E-state index is 0.0246. The molecule has 152 valence electrons. The normalized spacial score (nSPS) is 11.2. The zero-order valence-electron chi connectivity index (χ0n) is 16.9. The first-order chi connectivity index (χ1) is 15.1. The minimum atomic E-state index is -0.0246. The van der Waals surface area contributed by atoms with Crippen LogP contribution in [0, 0.1) is 6.92 Å². The van der Waals surface area contributed by atoms with E-state index >= 15 is 0 Å². The number of rotatable bonds is 5. The maximum atomic E-state index is 13.0. The lowest BCUT2D eigenvalue weighted by Crippen LogP contribution is -2.04. The predicted octanol–water partition coefficient (Wildman–Crippen LogP) is 6.54. The monoisotopic (exact) mass is 426 g/mol. The van der Waals surface area contributed by atoms with Crippen LogP contribution in [0.5, 0.6) is 0 Å². The second-order valence-corrected chi connectivity index (χ2v) is 7.83. The van der Waals surface area contributed by atoms with E-state index in [1.165, 1.54) is 0 Å². The van der Waals surface area contributed by atoms with Crippen molar-refractivity contribution in [2.75, 3.05) is 0 Å². The Hall–Kier alpha value is -3.63. The number of aryl methyl sites for hydroxylation is 1. The molecule has 5 rings (SSSR count). The molecule has 0 aliphatic heterocycles. The summed E-state index contributed by atoms with van der Waals surface area (Å²) < 4.78 is 7.92. The Morgan fingerprint density at radius 2 is 1.71 bits per heavy atom. The van der Waals surface area contributed by atoms with Gasteiger partial charge in [0.1, 0.15) is 5.76 Å². The van der Waals surface area contributed by atoms with E-state index in [1.807, 2.05) is 91.9 Å². The second-order valence-electron chi connectivity index (χ2n) is 7.42. The van der Waals surface area contributed by atoms with Gasteiger partial charge in [-0.2, -0.15) is 0 Å². The first-order valence-electron chi connectivity index (χ1n) is 10.0. The number of carbonyl (C=O) groups excluding carboxylic acids is 1. The molecular weight excluding hydrogens is 408 g/mol. The summed E-state index contributed by atoms with van der Waals surface area (Å²) in [7, 11) is 0. The number of nitrogens with zero attached hydrogens (tertiary/aromatic N) is 2. The van der Waals surface area contributed by atoms with Gasteiger partial charge in [0, 0.05) is 16.1 Å². The number of halogens is 1. The van der Waals surface area contributed by atoms with Crippen molar-refractivity contribution < 1.29 is 9.21 Å². The third-order valence-corrected chi connectivity index (χ3v) is 5.66. The van der Waals surface area contributed by atoms with Crippen LogP contribution in [0.15, 0.2) is 89.3 Å². The molecule has 0 atom stereocenters. The molecule has 0 spiro atoms. The molecule has 2 aromatic heterocycles. The molecule has 5 heteroatoms. The van der Waals surface area contributed by atoms with Crippen LogP contribution in [-0.4, -0.2) is 15.3 Å². The van der Waals surface area contributed by atoms with Crippen LogP contribution in [0.1, 0.15) is 27.2 Å². The molecule has 0 fully saturated rings. The van der Waals surface area contributed by atoms with Crippen LogP contribution in [0.3, 0.4) is 0 Å². The lowest BCUT2D eigenvalue weighted by molar-refractivity contribution is 0.103. The van der Waals surface area contributed by atoms with E-state index in [9.17, 15) is 4.79 Å². The van der Waals surface area contributed by atoms with Crippen molar-refractivity contribution in [3.8, 4) is 11.6 Å². The van der Waals surface area contributed by atoms with Crippen molar-refractivity contribution in [3.05, 3.63) is 112 Å². The molecule has 0 saturated heterocycles.